The van der Waals surface area contributed by atoms with Gasteiger partial charge < -0.3 is 20.9 Å². The van der Waals surface area contributed by atoms with Crippen LogP contribution in [0.2, 0.25) is 5.02 Å². The van der Waals surface area contributed by atoms with Crippen LogP contribution >= 0.6 is 11.6 Å². The van der Waals surface area contributed by atoms with Gasteiger partial charge in [-0.2, -0.15) is 9.97 Å². The molecule has 4 N–H and O–H groups in total. The van der Waals surface area contributed by atoms with Crippen molar-refractivity contribution in [2.24, 2.45) is 5.73 Å². The monoisotopic (exact) mass is 385 g/mol. The molecule has 0 aliphatic heterocycles. The molecular weight excluding hydrogens is 362 g/mol. The molecule has 0 radical (unpaired) electrons. The summed E-state index contributed by atoms with van der Waals surface area (Å²) in [5, 5.41) is 7.47. The van der Waals surface area contributed by atoms with Crippen molar-refractivity contribution >= 4 is 40.2 Å². The van der Waals surface area contributed by atoms with Crippen molar-refractivity contribution in [3.8, 4) is 0 Å². The van der Waals surface area contributed by atoms with Gasteiger partial charge in [-0.25, -0.2) is 4.98 Å². The zero-order valence-corrected chi connectivity index (χ0v) is 16.1. The first-order chi connectivity index (χ1) is 13.1. The minimum absolute atomic E-state index is 0.241. The molecule has 1 saturated carbocycles. The standard InChI is InChI=1S/C19H24ClN7/c1-2-27-11-22-16-17(23-14-7-3-5-12(20)9-14)25-19(26-18(16)27)24-15-8-4-6-13(21)10-15/h3,5,7,9,11,13,15H,2,4,6,8,10,21H2,1H3,(H2,23,24,25,26). The van der Waals surface area contributed by atoms with Crippen LogP contribution in [0.15, 0.2) is 30.6 Å². The SMILES string of the molecule is CCn1cnc2c(Nc3cccc(Cl)c3)nc(NC3CCCC(N)C3)nc21. The molecule has 7 nitrogen and oxygen atoms in total. The lowest BCUT2D eigenvalue weighted by molar-refractivity contribution is 0.408. The average molecular weight is 386 g/mol. The van der Waals surface area contributed by atoms with Gasteiger partial charge in [0.15, 0.2) is 17.0 Å². The van der Waals surface area contributed by atoms with Crippen LogP contribution in [0.5, 0.6) is 0 Å². The highest BCUT2D eigenvalue weighted by atomic mass is 35.5. The Morgan fingerprint density at radius 3 is 2.96 bits per heavy atom. The summed E-state index contributed by atoms with van der Waals surface area (Å²) in [6.45, 7) is 2.86. The number of hydrogen-bond donors (Lipinski definition) is 3. The van der Waals surface area contributed by atoms with Gasteiger partial charge in [-0.05, 0) is 50.8 Å². The number of rotatable bonds is 5. The molecule has 0 amide bonds. The van der Waals surface area contributed by atoms with Crippen molar-refractivity contribution in [1.29, 1.82) is 0 Å². The second-order valence-corrected chi connectivity index (χ2v) is 7.44. The largest absolute Gasteiger partial charge is 0.351 e. The lowest BCUT2D eigenvalue weighted by atomic mass is 9.92. The van der Waals surface area contributed by atoms with Crippen molar-refractivity contribution in [3.05, 3.63) is 35.6 Å². The number of fused-ring (bicyclic) bond motifs is 1. The van der Waals surface area contributed by atoms with Crippen molar-refractivity contribution in [1.82, 2.24) is 19.5 Å². The molecule has 3 aromatic rings. The predicted molar refractivity (Wildman–Crippen MR) is 110 cm³/mol. The normalized spacial score (nSPS) is 20.0. The van der Waals surface area contributed by atoms with Gasteiger partial charge in [-0.3, -0.25) is 0 Å². The molecule has 0 saturated heterocycles. The molecule has 142 valence electrons. The third kappa shape index (κ3) is 3.99. The molecule has 1 aliphatic rings. The van der Waals surface area contributed by atoms with Crippen LogP contribution in [0.25, 0.3) is 11.2 Å². The van der Waals surface area contributed by atoms with E-state index >= 15 is 0 Å². The minimum atomic E-state index is 0.241. The number of aryl methyl sites for hydroxylation is 1. The molecule has 1 aliphatic carbocycles. The van der Waals surface area contributed by atoms with E-state index in [1.165, 1.54) is 0 Å². The summed E-state index contributed by atoms with van der Waals surface area (Å²) in [5.41, 5.74) is 8.53. The van der Waals surface area contributed by atoms with Crippen molar-refractivity contribution in [2.75, 3.05) is 10.6 Å². The van der Waals surface area contributed by atoms with Crippen LogP contribution in [0.3, 0.4) is 0 Å². The number of nitrogens with one attached hydrogen (secondary N) is 2. The maximum absolute atomic E-state index is 6.12. The number of hydrogen-bond acceptors (Lipinski definition) is 6. The summed E-state index contributed by atoms with van der Waals surface area (Å²) < 4.78 is 2.01. The number of benzene rings is 1. The highest BCUT2D eigenvalue weighted by Gasteiger charge is 2.21. The highest BCUT2D eigenvalue weighted by molar-refractivity contribution is 6.30. The van der Waals surface area contributed by atoms with Gasteiger partial charge in [-0.15, -0.1) is 0 Å². The van der Waals surface area contributed by atoms with Gasteiger partial charge in [-0.1, -0.05) is 17.7 Å². The van der Waals surface area contributed by atoms with Gasteiger partial charge in [0.25, 0.3) is 0 Å². The van der Waals surface area contributed by atoms with Gasteiger partial charge >= 0.3 is 0 Å². The zero-order chi connectivity index (χ0) is 18.8. The molecule has 8 heteroatoms. The number of aromatic nitrogens is 4. The second kappa shape index (κ2) is 7.70. The van der Waals surface area contributed by atoms with Crippen LogP contribution < -0.4 is 16.4 Å². The Kier molecular flexibility index (Phi) is 5.13. The first-order valence-electron chi connectivity index (χ1n) is 9.40. The van der Waals surface area contributed by atoms with E-state index in [1.54, 1.807) is 6.33 Å². The Morgan fingerprint density at radius 2 is 2.19 bits per heavy atom. The molecule has 2 heterocycles. The fraction of sp³-hybridized carbons (Fsp3) is 0.421. The van der Waals surface area contributed by atoms with E-state index in [-0.39, 0.29) is 6.04 Å². The van der Waals surface area contributed by atoms with Crippen molar-refractivity contribution < 1.29 is 0 Å². The maximum Gasteiger partial charge on any atom is 0.227 e. The van der Waals surface area contributed by atoms with Gasteiger partial charge in [0.05, 0.1) is 6.33 Å². The lowest BCUT2D eigenvalue weighted by Gasteiger charge is -2.27. The summed E-state index contributed by atoms with van der Waals surface area (Å²) in [6, 6.07) is 8.08. The Hall–Kier alpha value is -2.38. The van der Waals surface area contributed by atoms with E-state index in [9.17, 15) is 0 Å². The Balaban J connectivity index is 1.69. The molecule has 2 atom stereocenters. The lowest BCUT2D eigenvalue weighted by Crippen LogP contribution is -2.35. The minimum Gasteiger partial charge on any atom is -0.351 e. The number of nitrogens with zero attached hydrogens (tertiary/aromatic N) is 4. The van der Waals surface area contributed by atoms with E-state index in [0.717, 1.165) is 49.1 Å². The molecule has 1 fully saturated rings. The molecule has 2 aromatic heterocycles. The molecule has 27 heavy (non-hydrogen) atoms. The molecule has 4 rings (SSSR count). The average Bonchev–Trinajstić information content (AvgIpc) is 3.05. The molecular formula is C19H24ClN7. The van der Waals surface area contributed by atoms with Crippen molar-refractivity contribution in [3.63, 3.8) is 0 Å². The topological polar surface area (TPSA) is 93.7 Å². The third-order valence-corrected chi connectivity index (χ3v) is 5.18. The number of imidazole rings is 1. The number of halogens is 1. The van der Waals surface area contributed by atoms with Gasteiger partial charge in [0, 0.05) is 29.3 Å². The van der Waals surface area contributed by atoms with Gasteiger partial charge in [0.1, 0.15) is 0 Å². The summed E-state index contributed by atoms with van der Waals surface area (Å²) in [4.78, 5) is 13.9. The number of anilines is 3. The summed E-state index contributed by atoms with van der Waals surface area (Å²) in [5.74, 6) is 1.26. The first kappa shape index (κ1) is 18.0. The van der Waals surface area contributed by atoms with Crippen LogP contribution in [0.4, 0.5) is 17.5 Å². The third-order valence-electron chi connectivity index (χ3n) is 4.94. The number of nitrogens with two attached hydrogens (primary N) is 1. The Labute approximate surface area is 163 Å². The zero-order valence-electron chi connectivity index (χ0n) is 15.3. The van der Waals surface area contributed by atoms with E-state index < -0.39 is 0 Å². The maximum atomic E-state index is 6.12. The van der Waals surface area contributed by atoms with E-state index in [1.807, 2.05) is 28.8 Å². The second-order valence-electron chi connectivity index (χ2n) is 7.00. The summed E-state index contributed by atoms with van der Waals surface area (Å²) in [7, 11) is 0. The molecule has 1 aromatic carbocycles. The van der Waals surface area contributed by atoms with E-state index in [0.29, 0.717) is 22.8 Å². The quantitative estimate of drug-likeness (QED) is 0.616. The predicted octanol–water partition coefficient (Wildman–Crippen LogP) is 3.93. The Morgan fingerprint density at radius 1 is 1.30 bits per heavy atom. The first-order valence-corrected chi connectivity index (χ1v) is 9.77. The fourth-order valence-electron chi connectivity index (χ4n) is 3.57. The molecule has 0 spiro atoms. The van der Waals surface area contributed by atoms with Gasteiger partial charge in [0.2, 0.25) is 5.95 Å². The van der Waals surface area contributed by atoms with E-state index in [4.69, 9.17) is 27.3 Å². The highest BCUT2D eigenvalue weighted by Crippen LogP contribution is 2.27. The smallest absolute Gasteiger partial charge is 0.227 e. The molecule has 2 unspecified atom stereocenters. The van der Waals surface area contributed by atoms with Crippen LogP contribution in [0.1, 0.15) is 32.6 Å². The Bertz CT molecular complexity index is 939. The van der Waals surface area contributed by atoms with E-state index in [2.05, 4.69) is 22.5 Å². The van der Waals surface area contributed by atoms with Crippen LogP contribution in [-0.4, -0.2) is 31.6 Å². The van der Waals surface area contributed by atoms with Crippen LogP contribution in [0, 0.1) is 0 Å². The van der Waals surface area contributed by atoms with Crippen LogP contribution in [-0.2, 0) is 6.54 Å². The summed E-state index contributed by atoms with van der Waals surface area (Å²) >= 11 is 6.11. The fourth-order valence-corrected chi connectivity index (χ4v) is 3.76. The molecule has 0 bridgehead atoms. The van der Waals surface area contributed by atoms with Crippen molar-refractivity contribution in [2.45, 2.75) is 51.2 Å². The summed E-state index contributed by atoms with van der Waals surface area (Å²) in [6.07, 6.45) is 6.03.